The minimum atomic E-state index is 0.267. The van der Waals surface area contributed by atoms with E-state index in [-0.39, 0.29) is 6.04 Å². The van der Waals surface area contributed by atoms with Crippen LogP contribution in [0.2, 0.25) is 0 Å². The third-order valence-electron chi connectivity index (χ3n) is 4.53. The van der Waals surface area contributed by atoms with Gasteiger partial charge >= 0.3 is 0 Å². The van der Waals surface area contributed by atoms with E-state index in [9.17, 15) is 4.79 Å². The Kier molecular flexibility index (Phi) is 11.3. The molecule has 1 aromatic rings. The van der Waals surface area contributed by atoms with Crippen LogP contribution < -0.4 is 10.5 Å². The van der Waals surface area contributed by atoms with Gasteiger partial charge in [-0.3, -0.25) is 4.79 Å². The normalized spacial score (nSPS) is 11.0. The molecule has 0 aromatic heterocycles. The van der Waals surface area contributed by atoms with Crippen molar-refractivity contribution in [2.45, 2.75) is 83.1 Å². The first-order chi connectivity index (χ1) is 12.5. The lowest BCUT2D eigenvalue weighted by Crippen LogP contribution is -2.37. The lowest BCUT2D eigenvalue weighted by molar-refractivity contribution is -0.133. The van der Waals surface area contributed by atoms with Gasteiger partial charge < -0.3 is 15.4 Å². The van der Waals surface area contributed by atoms with E-state index in [2.05, 4.69) is 33.4 Å². The number of thiol groups is 1. The van der Waals surface area contributed by atoms with Gasteiger partial charge in [-0.25, -0.2) is 0 Å². The highest BCUT2D eigenvalue weighted by Gasteiger charge is 2.15. The van der Waals surface area contributed by atoms with Crippen LogP contribution >= 0.6 is 12.6 Å². The van der Waals surface area contributed by atoms with Gasteiger partial charge in [-0.15, -0.1) is 12.6 Å². The molecule has 0 bridgehead atoms. The van der Waals surface area contributed by atoms with Crippen LogP contribution in [0.5, 0.6) is 5.75 Å². The molecule has 1 amide bonds. The van der Waals surface area contributed by atoms with Gasteiger partial charge in [0.2, 0.25) is 5.91 Å². The highest BCUT2D eigenvalue weighted by atomic mass is 32.1. The Morgan fingerprint density at radius 3 is 2.58 bits per heavy atom. The van der Waals surface area contributed by atoms with Crippen molar-refractivity contribution in [3.05, 3.63) is 18.2 Å². The number of ether oxygens (including phenoxy) is 1. The fourth-order valence-electron chi connectivity index (χ4n) is 2.92. The molecule has 1 aromatic carbocycles. The number of hydrogen-bond donors (Lipinski definition) is 2. The number of unbranched alkanes of at least 4 members (excludes halogenated alkanes) is 5. The molecular formula is C21H36N2O2S. The first-order valence-electron chi connectivity index (χ1n) is 9.97. The Labute approximate surface area is 164 Å². The molecule has 0 aliphatic rings. The summed E-state index contributed by atoms with van der Waals surface area (Å²) in [6.07, 6.45) is 8.26. The number of para-hydroxylation sites is 1. The van der Waals surface area contributed by atoms with Gasteiger partial charge in [-0.05, 0) is 51.7 Å². The van der Waals surface area contributed by atoms with Crippen LogP contribution in [0.1, 0.15) is 72.1 Å². The zero-order chi connectivity index (χ0) is 19.4. The van der Waals surface area contributed by atoms with Crippen molar-refractivity contribution in [3.63, 3.8) is 0 Å². The van der Waals surface area contributed by atoms with Crippen molar-refractivity contribution in [2.24, 2.45) is 0 Å². The van der Waals surface area contributed by atoms with Crippen LogP contribution in [-0.4, -0.2) is 30.0 Å². The Hall–Kier alpha value is -1.36. The molecule has 26 heavy (non-hydrogen) atoms. The van der Waals surface area contributed by atoms with Crippen LogP contribution in [0.3, 0.4) is 0 Å². The Balaban J connectivity index is 2.24. The first-order valence-corrected chi connectivity index (χ1v) is 10.4. The van der Waals surface area contributed by atoms with E-state index in [1.807, 2.05) is 23.1 Å². The summed E-state index contributed by atoms with van der Waals surface area (Å²) in [5.41, 5.74) is 6.54. The number of nitrogens with two attached hydrogens (primary N) is 1. The van der Waals surface area contributed by atoms with E-state index in [1.54, 1.807) is 0 Å². The molecule has 148 valence electrons. The van der Waals surface area contributed by atoms with E-state index in [0.29, 0.717) is 30.4 Å². The predicted octanol–water partition coefficient (Wildman–Crippen LogP) is 5.31. The molecule has 0 saturated heterocycles. The number of nitrogens with zero attached hydrogens (tertiary/aromatic N) is 1. The number of amides is 1. The quantitative estimate of drug-likeness (QED) is 0.277. The Morgan fingerprint density at radius 2 is 1.88 bits per heavy atom. The van der Waals surface area contributed by atoms with Crippen molar-refractivity contribution in [1.29, 1.82) is 0 Å². The predicted molar refractivity (Wildman–Crippen MR) is 113 cm³/mol. The average molecular weight is 381 g/mol. The third-order valence-corrected chi connectivity index (χ3v) is 4.92. The second kappa shape index (κ2) is 12.9. The van der Waals surface area contributed by atoms with Gasteiger partial charge in [0, 0.05) is 23.9 Å². The van der Waals surface area contributed by atoms with E-state index in [4.69, 9.17) is 10.5 Å². The van der Waals surface area contributed by atoms with Gasteiger partial charge in [0.1, 0.15) is 5.75 Å². The Morgan fingerprint density at radius 1 is 1.15 bits per heavy atom. The molecule has 2 N–H and O–H groups in total. The molecule has 0 spiro atoms. The largest absolute Gasteiger partial charge is 0.491 e. The highest BCUT2D eigenvalue weighted by molar-refractivity contribution is 7.80. The number of rotatable bonds is 13. The molecule has 4 nitrogen and oxygen atoms in total. The minimum absolute atomic E-state index is 0.267. The van der Waals surface area contributed by atoms with Gasteiger partial charge in [0.25, 0.3) is 0 Å². The number of hydrogen-bond acceptors (Lipinski definition) is 4. The maximum atomic E-state index is 12.4. The molecule has 0 unspecified atom stereocenters. The molecule has 0 radical (unpaired) electrons. The van der Waals surface area contributed by atoms with Gasteiger partial charge in [-0.2, -0.15) is 0 Å². The summed E-state index contributed by atoms with van der Waals surface area (Å²) in [5.74, 6) is 0.995. The fourth-order valence-corrected chi connectivity index (χ4v) is 3.12. The minimum Gasteiger partial charge on any atom is -0.491 e. The maximum absolute atomic E-state index is 12.4. The molecule has 0 atom stereocenters. The summed E-state index contributed by atoms with van der Waals surface area (Å²) in [4.78, 5) is 15.2. The monoisotopic (exact) mass is 380 g/mol. The van der Waals surface area contributed by atoms with Crippen LogP contribution in [0.25, 0.3) is 0 Å². The third kappa shape index (κ3) is 8.35. The van der Waals surface area contributed by atoms with E-state index >= 15 is 0 Å². The standard InChI is InChI=1S/C21H36N2O2S/c1-4-5-6-8-14-20(24)23(17(2)3)15-9-7-10-16-25-18-12-11-13-19(26)21(18)22/h11-13,17,26H,4-10,14-16,22H2,1-3H3. The molecule has 5 heteroatoms. The van der Waals surface area contributed by atoms with Gasteiger partial charge in [-0.1, -0.05) is 32.3 Å². The summed E-state index contributed by atoms with van der Waals surface area (Å²) in [6, 6.07) is 5.88. The van der Waals surface area contributed by atoms with Crippen LogP contribution in [0, 0.1) is 0 Å². The second-order valence-electron chi connectivity index (χ2n) is 7.09. The number of nitrogen functional groups attached to an aromatic ring is 1. The summed E-state index contributed by atoms with van der Waals surface area (Å²) in [5, 5.41) is 0. The number of carbonyl (C=O) groups excluding carboxylic acids is 1. The molecule has 0 saturated carbocycles. The zero-order valence-electron chi connectivity index (χ0n) is 16.7. The summed E-state index contributed by atoms with van der Waals surface area (Å²) < 4.78 is 5.74. The molecule has 0 heterocycles. The van der Waals surface area contributed by atoms with Crippen LogP contribution in [0.4, 0.5) is 5.69 Å². The lowest BCUT2D eigenvalue weighted by Gasteiger charge is -2.27. The smallest absolute Gasteiger partial charge is 0.222 e. The number of benzene rings is 1. The van der Waals surface area contributed by atoms with Crippen molar-refractivity contribution in [3.8, 4) is 5.75 Å². The highest BCUT2D eigenvalue weighted by Crippen LogP contribution is 2.27. The van der Waals surface area contributed by atoms with E-state index < -0.39 is 0 Å². The van der Waals surface area contributed by atoms with Crippen molar-refractivity contribution < 1.29 is 9.53 Å². The van der Waals surface area contributed by atoms with Gasteiger partial charge in [0.05, 0.1) is 12.3 Å². The SMILES string of the molecule is CCCCCCC(=O)N(CCCCCOc1cccc(S)c1N)C(C)C. The summed E-state index contributed by atoms with van der Waals surface area (Å²) >= 11 is 4.30. The first kappa shape index (κ1) is 22.7. The number of carbonyl (C=O) groups is 1. The zero-order valence-corrected chi connectivity index (χ0v) is 17.6. The topological polar surface area (TPSA) is 55.6 Å². The molecular weight excluding hydrogens is 344 g/mol. The van der Waals surface area contributed by atoms with Crippen LogP contribution in [-0.2, 0) is 4.79 Å². The summed E-state index contributed by atoms with van der Waals surface area (Å²) in [7, 11) is 0. The van der Waals surface area contributed by atoms with Crippen molar-refractivity contribution in [1.82, 2.24) is 4.90 Å². The van der Waals surface area contributed by atoms with Gasteiger partial charge in [0.15, 0.2) is 0 Å². The second-order valence-corrected chi connectivity index (χ2v) is 7.57. The average Bonchev–Trinajstić information content (AvgIpc) is 2.61. The van der Waals surface area contributed by atoms with E-state index in [0.717, 1.165) is 43.5 Å². The van der Waals surface area contributed by atoms with Crippen molar-refractivity contribution in [2.75, 3.05) is 18.9 Å². The Bertz CT molecular complexity index is 535. The number of anilines is 1. The van der Waals surface area contributed by atoms with E-state index in [1.165, 1.54) is 12.8 Å². The fraction of sp³-hybridized carbons (Fsp3) is 0.667. The lowest BCUT2D eigenvalue weighted by atomic mass is 10.1. The summed E-state index contributed by atoms with van der Waals surface area (Å²) in [6.45, 7) is 7.85. The molecule has 0 aliphatic carbocycles. The molecule has 0 fully saturated rings. The maximum Gasteiger partial charge on any atom is 0.222 e. The molecule has 1 rings (SSSR count). The van der Waals surface area contributed by atoms with Crippen LogP contribution in [0.15, 0.2) is 23.1 Å². The molecule has 0 aliphatic heterocycles. The van der Waals surface area contributed by atoms with Crippen molar-refractivity contribution >= 4 is 24.2 Å².